The molecule has 5 atom stereocenters. The van der Waals surface area contributed by atoms with Gasteiger partial charge in [0.05, 0.1) is 52.8 Å². The molecule has 0 saturated carbocycles. The van der Waals surface area contributed by atoms with E-state index in [1.807, 2.05) is 0 Å². The van der Waals surface area contributed by atoms with Crippen LogP contribution >= 0.6 is 0 Å². The number of carbonyl (C=O) groups is 5. The maximum atomic E-state index is 11.9. The Morgan fingerprint density at radius 1 is 0.791 bits per heavy atom. The van der Waals surface area contributed by atoms with Crippen molar-refractivity contribution in [3.8, 4) is 0 Å². The van der Waals surface area contributed by atoms with Crippen LogP contribution in [0.3, 0.4) is 0 Å². The summed E-state index contributed by atoms with van der Waals surface area (Å²) >= 11 is 0. The third-order valence-electron chi connectivity index (χ3n) is 4.85. The van der Waals surface area contributed by atoms with Crippen molar-refractivity contribution in [3.05, 3.63) is 0 Å². The standard InChI is InChI=1S/C22H38N2O12.C2HF3O2/c1-14(25)24-19-21(35-17(4)28)20(34-16(3)27)18(13-33-15(2)26)36-22(19)32-12-11-31-10-9-30-8-7-29-6-5-23;3-2(4,5)1(6)7/h18-22H,5-13,23H2,1-4H3,(H,24,25);(H,6,7)/t18-,19-,20+,21-,22-;/m1./s1. The normalized spacial score (nSPS) is 21.5. The summed E-state index contributed by atoms with van der Waals surface area (Å²) in [6.07, 6.45) is -9.70. The Morgan fingerprint density at radius 3 is 1.67 bits per heavy atom. The van der Waals surface area contributed by atoms with Crippen LogP contribution < -0.4 is 16.2 Å². The fraction of sp³-hybridized carbons (Fsp3) is 0.792. The average molecular weight is 637 g/mol. The van der Waals surface area contributed by atoms with Gasteiger partial charge in [-0.05, 0) is 0 Å². The van der Waals surface area contributed by atoms with Crippen LogP contribution in [0.4, 0.5) is 13.2 Å². The zero-order valence-electron chi connectivity index (χ0n) is 24.3. The Morgan fingerprint density at radius 2 is 1.26 bits per heavy atom. The number of alkyl halides is 3. The van der Waals surface area contributed by atoms with E-state index in [1.165, 1.54) is 27.7 Å². The highest BCUT2D eigenvalue weighted by molar-refractivity contribution is 5.73. The number of quaternary nitrogens is 1. The average Bonchev–Trinajstić information content (AvgIpc) is 2.88. The third-order valence-corrected chi connectivity index (χ3v) is 4.85. The van der Waals surface area contributed by atoms with E-state index in [0.717, 1.165) is 0 Å². The number of hydrogen-bond acceptors (Lipinski definition) is 14. The molecule has 0 unspecified atom stereocenters. The Hall–Kier alpha value is -3.10. The van der Waals surface area contributed by atoms with E-state index in [2.05, 4.69) is 11.1 Å². The highest BCUT2D eigenvalue weighted by Crippen LogP contribution is 2.28. The van der Waals surface area contributed by atoms with E-state index >= 15 is 0 Å². The SMILES string of the molecule is CC(=O)N[C@H]1[C@H](OCCOCCOCCOCC[NH3+])O[C@H](COC(C)=O)[C@H](OC(C)=O)[C@@H]1OC(C)=O.O=C([O-])C(F)(F)F. The second-order valence-electron chi connectivity index (χ2n) is 8.57. The molecule has 1 fully saturated rings. The van der Waals surface area contributed by atoms with Gasteiger partial charge in [0.2, 0.25) is 5.91 Å². The van der Waals surface area contributed by atoms with Gasteiger partial charge in [0, 0.05) is 27.7 Å². The number of carboxylic acids is 1. The molecule has 0 aromatic rings. The lowest BCUT2D eigenvalue weighted by molar-refractivity contribution is -0.374. The Bertz CT molecular complexity index is 877. The fourth-order valence-corrected chi connectivity index (χ4v) is 3.30. The zero-order chi connectivity index (χ0) is 33.0. The van der Waals surface area contributed by atoms with Crippen LogP contribution in [0.15, 0.2) is 0 Å². The Labute approximate surface area is 245 Å². The Kier molecular flexibility index (Phi) is 20.0. The van der Waals surface area contributed by atoms with Crippen molar-refractivity contribution >= 4 is 29.8 Å². The second-order valence-corrected chi connectivity index (χ2v) is 8.57. The van der Waals surface area contributed by atoms with Crippen LogP contribution in [0.1, 0.15) is 27.7 Å². The number of amides is 1. The molecule has 0 aromatic carbocycles. The molecule has 16 nitrogen and oxygen atoms in total. The molecule has 43 heavy (non-hydrogen) atoms. The third kappa shape index (κ3) is 18.9. The number of carbonyl (C=O) groups excluding carboxylic acids is 5. The van der Waals surface area contributed by atoms with Crippen molar-refractivity contribution < 1.29 is 85.9 Å². The topological polar surface area (TPSA) is 222 Å². The van der Waals surface area contributed by atoms with Crippen LogP contribution in [-0.2, 0) is 61.9 Å². The van der Waals surface area contributed by atoms with E-state index in [0.29, 0.717) is 39.6 Å². The van der Waals surface area contributed by atoms with Crippen LogP contribution in [0.2, 0.25) is 0 Å². The van der Waals surface area contributed by atoms with Crippen LogP contribution in [0, 0.1) is 0 Å². The molecule has 0 bridgehead atoms. The molecule has 1 heterocycles. The predicted octanol–water partition coefficient (Wildman–Crippen LogP) is -2.75. The first kappa shape index (κ1) is 39.9. The number of rotatable bonds is 17. The summed E-state index contributed by atoms with van der Waals surface area (Å²) in [5.41, 5.74) is 3.68. The molecule has 4 N–H and O–H groups in total. The molecular formula is C24H39F3N2O14. The molecule has 0 spiro atoms. The quantitative estimate of drug-likeness (QED) is 0.0939. The smallest absolute Gasteiger partial charge is 0.430 e. The van der Waals surface area contributed by atoms with Gasteiger partial charge in [0.1, 0.15) is 24.7 Å². The van der Waals surface area contributed by atoms with Gasteiger partial charge in [-0.1, -0.05) is 0 Å². The summed E-state index contributed by atoms with van der Waals surface area (Å²) in [5.74, 6) is -5.41. The molecule has 1 aliphatic rings. The van der Waals surface area contributed by atoms with Gasteiger partial charge in [-0.25, -0.2) is 0 Å². The van der Waals surface area contributed by atoms with E-state index in [-0.39, 0.29) is 19.8 Å². The number of ether oxygens (including phenoxy) is 8. The summed E-state index contributed by atoms with van der Waals surface area (Å²) in [7, 11) is 0. The van der Waals surface area contributed by atoms with E-state index in [9.17, 15) is 32.3 Å². The summed E-state index contributed by atoms with van der Waals surface area (Å²) in [5, 5.41) is 11.4. The lowest BCUT2D eigenvalue weighted by Crippen LogP contribution is -2.66. The molecule has 0 radical (unpaired) electrons. The van der Waals surface area contributed by atoms with Gasteiger partial charge in [-0.15, -0.1) is 0 Å². The first-order valence-corrected chi connectivity index (χ1v) is 12.9. The first-order valence-electron chi connectivity index (χ1n) is 12.9. The highest BCUT2D eigenvalue weighted by atomic mass is 19.4. The molecule has 0 aliphatic carbocycles. The van der Waals surface area contributed by atoms with Gasteiger partial charge in [-0.2, -0.15) is 13.2 Å². The van der Waals surface area contributed by atoms with Crippen molar-refractivity contribution in [2.75, 3.05) is 59.4 Å². The first-order chi connectivity index (χ1) is 20.1. The second kappa shape index (κ2) is 21.6. The van der Waals surface area contributed by atoms with E-state index < -0.39 is 66.6 Å². The molecule has 1 rings (SSSR count). The van der Waals surface area contributed by atoms with Crippen molar-refractivity contribution in [2.45, 2.75) is 64.5 Å². The van der Waals surface area contributed by atoms with Crippen molar-refractivity contribution in [2.24, 2.45) is 0 Å². The number of halogens is 3. The van der Waals surface area contributed by atoms with E-state index in [4.69, 9.17) is 47.8 Å². The summed E-state index contributed by atoms with van der Waals surface area (Å²) < 4.78 is 75.1. The summed E-state index contributed by atoms with van der Waals surface area (Å²) in [4.78, 5) is 55.6. The van der Waals surface area contributed by atoms with Crippen LogP contribution in [0.5, 0.6) is 0 Å². The minimum atomic E-state index is -5.19. The number of carboxylic acid groups (broad SMARTS) is 1. The lowest BCUT2D eigenvalue weighted by atomic mass is 9.96. The minimum absolute atomic E-state index is 0.0542. The summed E-state index contributed by atoms with van der Waals surface area (Å²) in [6.45, 7) is 7.63. The highest BCUT2D eigenvalue weighted by Gasteiger charge is 2.51. The van der Waals surface area contributed by atoms with Gasteiger partial charge in [0.15, 0.2) is 18.5 Å². The van der Waals surface area contributed by atoms with Crippen LogP contribution in [-0.4, -0.2) is 126 Å². The minimum Gasteiger partial charge on any atom is -0.542 e. The number of esters is 3. The fourth-order valence-electron chi connectivity index (χ4n) is 3.30. The molecule has 0 aromatic heterocycles. The molecular weight excluding hydrogens is 597 g/mol. The molecule has 19 heteroatoms. The van der Waals surface area contributed by atoms with Crippen molar-refractivity contribution in [1.29, 1.82) is 0 Å². The van der Waals surface area contributed by atoms with Gasteiger partial charge >= 0.3 is 24.1 Å². The molecule has 1 saturated heterocycles. The van der Waals surface area contributed by atoms with Gasteiger partial charge in [-0.3, -0.25) is 19.2 Å². The number of hydrogen-bond donors (Lipinski definition) is 2. The monoisotopic (exact) mass is 636 g/mol. The van der Waals surface area contributed by atoms with Crippen molar-refractivity contribution in [1.82, 2.24) is 5.32 Å². The number of aliphatic carboxylic acids is 1. The summed E-state index contributed by atoms with van der Waals surface area (Å²) in [6, 6.07) is -1.02. The Balaban J connectivity index is 0.00000223. The molecule has 1 aliphatic heterocycles. The number of nitrogens with one attached hydrogen (secondary N) is 1. The molecule has 250 valence electrons. The van der Waals surface area contributed by atoms with Gasteiger partial charge in [0.25, 0.3) is 0 Å². The lowest BCUT2D eigenvalue weighted by Gasteiger charge is -2.44. The zero-order valence-corrected chi connectivity index (χ0v) is 24.3. The van der Waals surface area contributed by atoms with Gasteiger partial charge < -0.3 is 58.8 Å². The predicted molar refractivity (Wildman–Crippen MR) is 131 cm³/mol. The van der Waals surface area contributed by atoms with Crippen molar-refractivity contribution in [3.63, 3.8) is 0 Å². The molecule has 1 amide bonds. The maximum absolute atomic E-state index is 11.9. The largest absolute Gasteiger partial charge is 0.542 e. The van der Waals surface area contributed by atoms with Crippen LogP contribution in [0.25, 0.3) is 0 Å². The maximum Gasteiger partial charge on any atom is 0.430 e. The van der Waals surface area contributed by atoms with E-state index in [1.54, 1.807) is 0 Å².